The van der Waals surface area contributed by atoms with Gasteiger partial charge < -0.3 is 10.6 Å². The Labute approximate surface area is 78.3 Å². The first-order chi connectivity index (χ1) is 6.22. The fraction of sp³-hybridized carbons (Fsp3) is 0.778. The number of carbonyl (C=O) groups is 1. The lowest BCUT2D eigenvalue weighted by atomic mass is 9.93. The molecule has 4 nitrogen and oxygen atoms in total. The average molecular weight is 181 g/mol. The predicted molar refractivity (Wildman–Crippen MR) is 49.0 cm³/mol. The third kappa shape index (κ3) is 3.32. The zero-order valence-electron chi connectivity index (χ0n) is 7.84. The molecule has 1 unspecified atom stereocenters. The summed E-state index contributed by atoms with van der Waals surface area (Å²) in [5, 5.41) is 14.0. The van der Waals surface area contributed by atoms with E-state index >= 15 is 0 Å². The van der Waals surface area contributed by atoms with E-state index in [9.17, 15) is 4.79 Å². The number of carbonyl (C=O) groups excluding carboxylic acids is 1. The molecule has 1 fully saturated rings. The largest absolute Gasteiger partial charge is 0.337 e. The van der Waals surface area contributed by atoms with E-state index in [1.165, 1.54) is 6.42 Å². The highest BCUT2D eigenvalue weighted by Crippen LogP contribution is 2.17. The van der Waals surface area contributed by atoms with Crippen LogP contribution in [0.4, 0.5) is 4.79 Å². The van der Waals surface area contributed by atoms with Crippen LogP contribution in [-0.4, -0.2) is 18.6 Å². The Hall–Kier alpha value is -1.24. The normalized spacial score (nSPS) is 18.2. The minimum Gasteiger partial charge on any atom is -0.337 e. The molecule has 1 atom stereocenters. The first kappa shape index (κ1) is 9.85. The van der Waals surface area contributed by atoms with Gasteiger partial charge in [-0.1, -0.05) is 0 Å². The molecule has 13 heavy (non-hydrogen) atoms. The molecule has 0 aromatic carbocycles. The molecular weight excluding hydrogens is 166 g/mol. The van der Waals surface area contributed by atoms with Crippen LogP contribution in [0.3, 0.4) is 0 Å². The molecule has 1 aliphatic carbocycles. The number of urea groups is 1. The highest BCUT2D eigenvalue weighted by Gasteiger charge is 2.19. The standard InChI is InChI=1S/C9H15N3O/c1-7(5-10)6-11-9(13)12-8-3-2-4-8/h7-8H,2-4,6H2,1H3,(H2,11,12,13). The topological polar surface area (TPSA) is 64.9 Å². The highest BCUT2D eigenvalue weighted by atomic mass is 16.2. The minimum atomic E-state index is -0.146. The van der Waals surface area contributed by atoms with Gasteiger partial charge in [0.2, 0.25) is 0 Å². The van der Waals surface area contributed by atoms with Crippen LogP contribution in [0, 0.1) is 17.2 Å². The van der Waals surface area contributed by atoms with E-state index in [0.717, 1.165) is 12.8 Å². The van der Waals surface area contributed by atoms with Crippen LogP contribution in [0.5, 0.6) is 0 Å². The number of rotatable bonds is 3. The number of nitriles is 1. The van der Waals surface area contributed by atoms with Gasteiger partial charge >= 0.3 is 6.03 Å². The molecule has 72 valence electrons. The van der Waals surface area contributed by atoms with Crippen LogP contribution in [0.1, 0.15) is 26.2 Å². The van der Waals surface area contributed by atoms with E-state index < -0.39 is 0 Å². The fourth-order valence-corrected chi connectivity index (χ4v) is 1.08. The Morgan fingerprint density at radius 2 is 2.38 bits per heavy atom. The number of hydrogen-bond acceptors (Lipinski definition) is 2. The average Bonchev–Trinajstić information content (AvgIpc) is 2.07. The van der Waals surface area contributed by atoms with Crippen molar-refractivity contribution in [2.45, 2.75) is 32.2 Å². The predicted octanol–water partition coefficient (Wildman–Crippen LogP) is 0.998. The van der Waals surface area contributed by atoms with Gasteiger partial charge in [-0.3, -0.25) is 0 Å². The van der Waals surface area contributed by atoms with E-state index in [2.05, 4.69) is 16.7 Å². The van der Waals surface area contributed by atoms with Gasteiger partial charge in [0.25, 0.3) is 0 Å². The maximum absolute atomic E-state index is 11.1. The number of amides is 2. The molecule has 0 aromatic rings. The third-order valence-electron chi connectivity index (χ3n) is 2.23. The van der Waals surface area contributed by atoms with Crippen LogP contribution in [0.25, 0.3) is 0 Å². The molecule has 1 rings (SSSR count). The van der Waals surface area contributed by atoms with Crippen molar-refractivity contribution in [2.75, 3.05) is 6.54 Å². The van der Waals surface area contributed by atoms with Gasteiger partial charge in [-0.15, -0.1) is 0 Å². The van der Waals surface area contributed by atoms with Gasteiger partial charge in [0.05, 0.1) is 12.0 Å². The molecule has 0 spiro atoms. The molecule has 1 saturated carbocycles. The van der Waals surface area contributed by atoms with E-state index in [4.69, 9.17) is 5.26 Å². The lowest BCUT2D eigenvalue weighted by Gasteiger charge is -2.26. The monoisotopic (exact) mass is 181 g/mol. The maximum atomic E-state index is 11.1. The summed E-state index contributed by atoms with van der Waals surface area (Å²) in [4.78, 5) is 11.1. The Balaban J connectivity index is 2.07. The molecule has 4 heteroatoms. The quantitative estimate of drug-likeness (QED) is 0.682. The summed E-state index contributed by atoms with van der Waals surface area (Å²) in [6, 6.07) is 2.27. The molecule has 0 saturated heterocycles. The fourth-order valence-electron chi connectivity index (χ4n) is 1.08. The highest BCUT2D eigenvalue weighted by molar-refractivity contribution is 5.74. The lowest BCUT2D eigenvalue weighted by Crippen LogP contribution is -2.46. The molecule has 2 amide bonds. The van der Waals surface area contributed by atoms with Crippen molar-refractivity contribution in [3.63, 3.8) is 0 Å². The lowest BCUT2D eigenvalue weighted by molar-refractivity contribution is 0.227. The number of nitrogens with one attached hydrogen (secondary N) is 2. The van der Waals surface area contributed by atoms with Crippen molar-refractivity contribution in [1.82, 2.24) is 10.6 Å². The van der Waals surface area contributed by atoms with Crippen molar-refractivity contribution >= 4 is 6.03 Å². The third-order valence-corrected chi connectivity index (χ3v) is 2.23. The van der Waals surface area contributed by atoms with Crippen molar-refractivity contribution in [3.8, 4) is 6.07 Å². The van der Waals surface area contributed by atoms with E-state index in [1.54, 1.807) is 6.92 Å². The summed E-state index contributed by atoms with van der Waals surface area (Å²) in [5.74, 6) is -0.118. The van der Waals surface area contributed by atoms with Crippen LogP contribution >= 0.6 is 0 Å². The smallest absolute Gasteiger partial charge is 0.315 e. The molecule has 0 radical (unpaired) electrons. The summed E-state index contributed by atoms with van der Waals surface area (Å²) >= 11 is 0. The Morgan fingerprint density at radius 1 is 1.69 bits per heavy atom. The van der Waals surface area contributed by atoms with Crippen molar-refractivity contribution in [3.05, 3.63) is 0 Å². The van der Waals surface area contributed by atoms with Crippen molar-refractivity contribution < 1.29 is 4.79 Å². The van der Waals surface area contributed by atoms with Crippen molar-refractivity contribution in [2.24, 2.45) is 5.92 Å². The van der Waals surface area contributed by atoms with Crippen LogP contribution in [0.2, 0.25) is 0 Å². The molecule has 0 bridgehead atoms. The van der Waals surface area contributed by atoms with E-state index in [1.807, 2.05) is 0 Å². The first-order valence-electron chi connectivity index (χ1n) is 4.66. The number of nitrogens with zero attached hydrogens (tertiary/aromatic N) is 1. The van der Waals surface area contributed by atoms with E-state index in [-0.39, 0.29) is 11.9 Å². The van der Waals surface area contributed by atoms with Gasteiger partial charge in [-0.25, -0.2) is 4.79 Å². The second-order valence-electron chi connectivity index (χ2n) is 3.51. The molecular formula is C9H15N3O. The summed E-state index contributed by atoms with van der Waals surface area (Å²) in [6.45, 7) is 2.21. The van der Waals surface area contributed by atoms with Gasteiger partial charge in [0.1, 0.15) is 0 Å². The Morgan fingerprint density at radius 3 is 2.85 bits per heavy atom. The first-order valence-corrected chi connectivity index (χ1v) is 4.66. The van der Waals surface area contributed by atoms with Gasteiger partial charge in [0, 0.05) is 12.6 Å². The molecule has 0 heterocycles. The Bertz CT molecular complexity index is 217. The maximum Gasteiger partial charge on any atom is 0.315 e. The van der Waals surface area contributed by atoms with Gasteiger partial charge in [-0.2, -0.15) is 5.26 Å². The summed E-state index contributed by atoms with van der Waals surface area (Å²) in [7, 11) is 0. The molecule has 2 N–H and O–H groups in total. The van der Waals surface area contributed by atoms with Crippen LogP contribution < -0.4 is 10.6 Å². The second-order valence-corrected chi connectivity index (χ2v) is 3.51. The zero-order chi connectivity index (χ0) is 9.68. The van der Waals surface area contributed by atoms with Crippen molar-refractivity contribution in [1.29, 1.82) is 5.26 Å². The SMILES string of the molecule is CC(C#N)CNC(=O)NC1CCC1. The second kappa shape index (κ2) is 4.70. The summed E-state index contributed by atoms with van der Waals surface area (Å²) in [5.41, 5.74) is 0. The Kier molecular flexibility index (Phi) is 3.56. The van der Waals surface area contributed by atoms with Crippen LogP contribution in [-0.2, 0) is 0 Å². The zero-order valence-corrected chi connectivity index (χ0v) is 7.84. The minimum absolute atomic E-state index is 0.118. The number of hydrogen-bond donors (Lipinski definition) is 2. The summed E-state index contributed by atoms with van der Waals surface area (Å²) in [6.07, 6.45) is 3.38. The molecule has 0 aliphatic heterocycles. The van der Waals surface area contributed by atoms with Gasteiger partial charge in [-0.05, 0) is 26.2 Å². The van der Waals surface area contributed by atoms with Gasteiger partial charge in [0.15, 0.2) is 0 Å². The van der Waals surface area contributed by atoms with Crippen LogP contribution in [0.15, 0.2) is 0 Å². The van der Waals surface area contributed by atoms with E-state index in [0.29, 0.717) is 12.6 Å². The molecule has 1 aliphatic rings. The molecule has 0 aromatic heterocycles. The summed E-state index contributed by atoms with van der Waals surface area (Å²) < 4.78 is 0.